The molecule has 0 unspecified atom stereocenters. The molecule has 1 aliphatic carbocycles. The lowest BCUT2D eigenvalue weighted by molar-refractivity contribution is 0.201. The Kier molecular flexibility index (Phi) is 5.07. The summed E-state index contributed by atoms with van der Waals surface area (Å²) in [6, 6.07) is 20.3. The molecule has 0 spiro atoms. The van der Waals surface area contributed by atoms with Crippen molar-refractivity contribution >= 4 is 0 Å². The SMILES string of the molecule is N#CC1=C(N)C(C#N)(C#N)[C@@H](c2cccnc2)[C@H]2CN(Cc3ccccc3)CC=C12. The molecule has 6 nitrogen and oxygen atoms in total. The van der Waals surface area contributed by atoms with Crippen LogP contribution in [0.3, 0.4) is 0 Å². The van der Waals surface area contributed by atoms with Gasteiger partial charge in [0.05, 0.1) is 23.4 Å². The van der Waals surface area contributed by atoms with Crippen LogP contribution >= 0.6 is 0 Å². The minimum absolute atomic E-state index is 0.0443. The van der Waals surface area contributed by atoms with E-state index < -0.39 is 11.3 Å². The Morgan fingerprint density at radius 3 is 2.50 bits per heavy atom. The zero-order valence-electron chi connectivity index (χ0n) is 16.4. The molecule has 2 atom stereocenters. The first-order valence-electron chi connectivity index (χ1n) is 9.74. The number of nitriles is 3. The largest absolute Gasteiger partial charge is 0.399 e. The maximum atomic E-state index is 10.1. The minimum atomic E-state index is -1.62. The van der Waals surface area contributed by atoms with Crippen molar-refractivity contribution in [2.24, 2.45) is 17.1 Å². The van der Waals surface area contributed by atoms with Gasteiger partial charge in [0.1, 0.15) is 6.07 Å². The highest BCUT2D eigenvalue weighted by atomic mass is 15.1. The Balaban J connectivity index is 1.83. The molecule has 0 saturated heterocycles. The van der Waals surface area contributed by atoms with Gasteiger partial charge in [0.25, 0.3) is 0 Å². The fraction of sp³-hybridized carbons (Fsp3) is 0.250. The zero-order chi connectivity index (χ0) is 21.1. The maximum Gasteiger partial charge on any atom is 0.191 e. The van der Waals surface area contributed by atoms with E-state index in [-0.39, 0.29) is 17.2 Å². The van der Waals surface area contributed by atoms with Crippen LogP contribution in [0, 0.1) is 45.3 Å². The van der Waals surface area contributed by atoms with E-state index in [0.29, 0.717) is 13.1 Å². The van der Waals surface area contributed by atoms with Crippen LogP contribution in [0.5, 0.6) is 0 Å². The Bertz CT molecular complexity index is 1110. The summed E-state index contributed by atoms with van der Waals surface area (Å²) in [6.45, 7) is 2.03. The Morgan fingerprint density at radius 2 is 1.87 bits per heavy atom. The third-order valence-electron chi connectivity index (χ3n) is 6.03. The number of fused-ring (bicyclic) bond motifs is 1. The third-order valence-corrected chi connectivity index (χ3v) is 6.03. The predicted octanol–water partition coefficient (Wildman–Crippen LogP) is 3.01. The molecule has 1 aliphatic heterocycles. The molecule has 30 heavy (non-hydrogen) atoms. The van der Waals surface area contributed by atoms with E-state index in [1.165, 1.54) is 5.56 Å². The van der Waals surface area contributed by atoms with Gasteiger partial charge in [-0.3, -0.25) is 9.88 Å². The molecule has 6 heteroatoms. The first-order chi connectivity index (χ1) is 14.6. The molecular formula is C24H20N6. The second-order valence-electron chi connectivity index (χ2n) is 7.64. The highest BCUT2D eigenvalue weighted by Crippen LogP contribution is 2.54. The number of hydrogen-bond donors (Lipinski definition) is 1. The number of benzene rings is 1. The van der Waals surface area contributed by atoms with Crippen molar-refractivity contribution < 1.29 is 0 Å². The average molecular weight is 392 g/mol. The van der Waals surface area contributed by atoms with Crippen LogP contribution in [0.15, 0.2) is 77.8 Å². The first-order valence-corrected chi connectivity index (χ1v) is 9.74. The number of hydrogen-bond acceptors (Lipinski definition) is 6. The summed E-state index contributed by atoms with van der Waals surface area (Å²) in [5.41, 5.74) is 7.80. The lowest BCUT2D eigenvalue weighted by atomic mass is 9.58. The molecule has 1 aromatic heterocycles. The van der Waals surface area contributed by atoms with Crippen molar-refractivity contribution in [1.29, 1.82) is 15.8 Å². The van der Waals surface area contributed by atoms with Crippen LogP contribution in [0.25, 0.3) is 0 Å². The van der Waals surface area contributed by atoms with E-state index in [4.69, 9.17) is 5.73 Å². The summed E-state index contributed by atoms with van der Waals surface area (Å²) in [4.78, 5) is 6.48. The van der Waals surface area contributed by atoms with Crippen LogP contribution in [0.2, 0.25) is 0 Å². The van der Waals surface area contributed by atoms with E-state index in [0.717, 1.165) is 17.7 Å². The highest BCUT2D eigenvalue weighted by molar-refractivity contribution is 5.59. The standard InChI is InChI=1S/C24H20N6/c25-11-20-19-8-10-30(13-17-5-2-1-3-6-17)14-21(19)22(18-7-4-9-29-12-18)24(15-26,16-27)23(20)28/h1-9,12,21-22H,10,13-14,28H2/t21-,22-/m0/s1. The van der Waals surface area contributed by atoms with Gasteiger partial charge in [0, 0.05) is 43.9 Å². The van der Waals surface area contributed by atoms with Gasteiger partial charge in [-0.1, -0.05) is 42.5 Å². The molecule has 0 fully saturated rings. The summed E-state index contributed by atoms with van der Waals surface area (Å²) in [6.07, 6.45) is 5.36. The van der Waals surface area contributed by atoms with E-state index in [2.05, 4.69) is 40.2 Å². The second-order valence-corrected chi connectivity index (χ2v) is 7.64. The molecule has 0 saturated carbocycles. The quantitative estimate of drug-likeness (QED) is 0.859. The van der Waals surface area contributed by atoms with E-state index >= 15 is 0 Å². The normalized spacial score (nSPS) is 22.8. The van der Waals surface area contributed by atoms with Gasteiger partial charge < -0.3 is 5.73 Å². The number of aromatic nitrogens is 1. The van der Waals surface area contributed by atoms with Crippen molar-refractivity contribution in [2.75, 3.05) is 13.1 Å². The second kappa shape index (κ2) is 7.84. The molecule has 4 rings (SSSR count). The van der Waals surface area contributed by atoms with Crippen molar-refractivity contribution in [3.63, 3.8) is 0 Å². The minimum Gasteiger partial charge on any atom is -0.399 e. The lowest BCUT2D eigenvalue weighted by Crippen LogP contribution is -2.47. The van der Waals surface area contributed by atoms with Gasteiger partial charge in [-0.05, 0) is 22.8 Å². The molecule has 2 aromatic rings. The van der Waals surface area contributed by atoms with Crippen molar-refractivity contribution in [3.05, 3.63) is 88.9 Å². The summed E-state index contributed by atoms with van der Waals surface area (Å²) < 4.78 is 0. The van der Waals surface area contributed by atoms with Crippen molar-refractivity contribution in [1.82, 2.24) is 9.88 Å². The number of rotatable bonds is 3. The van der Waals surface area contributed by atoms with E-state index in [1.807, 2.05) is 30.3 Å². The van der Waals surface area contributed by atoms with Gasteiger partial charge in [-0.25, -0.2) is 0 Å². The van der Waals surface area contributed by atoms with E-state index in [1.54, 1.807) is 18.5 Å². The maximum absolute atomic E-state index is 10.1. The summed E-state index contributed by atoms with van der Waals surface area (Å²) in [5, 5.41) is 30.0. The summed E-state index contributed by atoms with van der Waals surface area (Å²) >= 11 is 0. The number of nitrogens with zero attached hydrogens (tertiary/aromatic N) is 5. The van der Waals surface area contributed by atoms with Crippen LogP contribution < -0.4 is 5.73 Å². The van der Waals surface area contributed by atoms with Gasteiger partial charge >= 0.3 is 0 Å². The topological polar surface area (TPSA) is 114 Å². The molecule has 146 valence electrons. The smallest absolute Gasteiger partial charge is 0.191 e. The number of allylic oxidation sites excluding steroid dienone is 2. The number of nitrogens with two attached hydrogens (primary N) is 1. The molecule has 2 aliphatic rings. The van der Waals surface area contributed by atoms with Gasteiger partial charge in [-0.15, -0.1) is 0 Å². The van der Waals surface area contributed by atoms with Gasteiger partial charge in [-0.2, -0.15) is 15.8 Å². The Hall–Kier alpha value is -3.92. The Labute approximate surface area is 175 Å². The van der Waals surface area contributed by atoms with Crippen LogP contribution in [-0.2, 0) is 6.54 Å². The van der Waals surface area contributed by atoms with Crippen LogP contribution in [-0.4, -0.2) is 23.0 Å². The molecular weight excluding hydrogens is 372 g/mol. The molecule has 2 N–H and O–H groups in total. The van der Waals surface area contributed by atoms with Crippen LogP contribution in [0.4, 0.5) is 0 Å². The third kappa shape index (κ3) is 3.03. The fourth-order valence-electron chi connectivity index (χ4n) is 4.65. The van der Waals surface area contributed by atoms with Crippen LogP contribution in [0.1, 0.15) is 17.0 Å². The lowest BCUT2D eigenvalue weighted by Gasteiger charge is -2.45. The fourth-order valence-corrected chi connectivity index (χ4v) is 4.65. The Morgan fingerprint density at radius 1 is 1.10 bits per heavy atom. The monoisotopic (exact) mass is 392 g/mol. The summed E-state index contributed by atoms with van der Waals surface area (Å²) in [7, 11) is 0. The summed E-state index contributed by atoms with van der Waals surface area (Å²) in [5.74, 6) is -0.726. The molecule has 0 amide bonds. The van der Waals surface area contributed by atoms with Crippen molar-refractivity contribution in [3.8, 4) is 18.2 Å². The first kappa shape index (κ1) is 19.4. The average Bonchev–Trinajstić information content (AvgIpc) is 2.80. The predicted molar refractivity (Wildman–Crippen MR) is 111 cm³/mol. The molecule has 0 bridgehead atoms. The van der Waals surface area contributed by atoms with Crippen molar-refractivity contribution in [2.45, 2.75) is 12.5 Å². The number of pyridine rings is 1. The van der Waals surface area contributed by atoms with E-state index in [9.17, 15) is 15.8 Å². The molecule has 0 radical (unpaired) electrons. The highest BCUT2D eigenvalue weighted by Gasteiger charge is 2.54. The molecule has 2 heterocycles. The van der Waals surface area contributed by atoms with Gasteiger partial charge in [0.2, 0.25) is 0 Å². The molecule has 1 aromatic carbocycles. The van der Waals surface area contributed by atoms with Gasteiger partial charge in [0.15, 0.2) is 5.41 Å². The zero-order valence-corrected chi connectivity index (χ0v) is 16.4.